The van der Waals surface area contributed by atoms with Gasteiger partial charge in [-0.1, -0.05) is 24.3 Å². The first-order valence-electron chi connectivity index (χ1n) is 9.76. The summed E-state index contributed by atoms with van der Waals surface area (Å²) < 4.78 is 31.7. The molecule has 0 aromatic heterocycles. The van der Waals surface area contributed by atoms with Gasteiger partial charge in [-0.15, -0.1) is 0 Å². The molecular formula is C21H24BrN3O5S. The number of nitrogens with one attached hydrogen (secondary N) is 2. The van der Waals surface area contributed by atoms with Crippen molar-refractivity contribution in [1.82, 2.24) is 5.32 Å². The van der Waals surface area contributed by atoms with Crippen molar-refractivity contribution in [3.63, 3.8) is 0 Å². The molecule has 8 nitrogen and oxygen atoms in total. The van der Waals surface area contributed by atoms with Crippen LogP contribution in [0.3, 0.4) is 0 Å². The number of anilines is 2. The average Bonchev–Trinajstić information content (AvgIpc) is 3.24. The Labute approximate surface area is 190 Å². The van der Waals surface area contributed by atoms with Gasteiger partial charge in [-0.25, -0.2) is 8.42 Å². The second-order valence-electron chi connectivity index (χ2n) is 7.16. The van der Waals surface area contributed by atoms with Crippen molar-refractivity contribution < 1.29 is 22.7 Å². The van der Waals surface area contributed by atoms with Crippen LogP contribution in [0.25, 0.3) is 0 Å². The minimum absolute atomic E-state index is 0.00154. The maximum Gasteiger partial charge on any atom is 0.253 e. The van der Waals surface area contributed by atoms with Gasteiger partial charge < -0.3 is 15.4 Å². The molecule has 0 bridgehead atoms. The van der Waals surface area contributed by atoms with Gasteiger partial charge in [-0.05, 0) is 53.0 Å². The number of para-hydroxylation sites is 2. The van der Waals surface area contributed by atoms with E-state index in [4.69, 9.17) is 4.74 Å². The van der Waals surface area contributed by atoms with E-state index in [1.807, 2.05) is 0 Å². The molecule has 10 heteroatoms. The lowest BCUT2D eigenvalue weighted by Gasteiger charge is -2.23. The highest BCUT2D eigenvalue weighted by atomic mass is 79.9. The summed E-state index contributed by atoms with van der Waals surface area (Å²) in [6, 6.07) is 13.3. The van der Waals surface area contributed by atoms with E-state index in [9.17, 15) is 18.0 Å². The van der Waals surface area contributed by atoms with E-state index in [0.29, 0.717) is 34.6 Å². The molecule has 2 amide bonds. The summed E-state index contributed by atoms with van der Waals surface area (Å²) in [4.78, 5) is 25.3. The van der Waals surface area contributed by atoms with Crippen LogP contribution in [0.4, 0.5) is 11.4 Å². The zero-order valence-electron chi connectivity index (χ0n) is 17.0. The highest BCUT2D eigenvalue weighted by Gasteiger charge is 2.24. The first-order chi connectivity index (χ1) is 14.8. The number of carbonyl (C=O) groups excluding carboxylic acids is 2. The Hall–Kier alpha value is -2.43. The number of sulfonamides is 1. The van der Waals surface area contributed by atoms with Gasteiger partial charge in [-0.3, -0.25) is 13.9 Å². The standard InChI is InChI=1S/C21H24BrN3O5S/c1-31(28,29)25(19-11-5-3-9-17(19)22)14-20(26)24-18-10-4-2-8-16(18)21(27)23-13-15-7-6-12-30-15/h2-5,8-11,15H,6-7,12-14H2,1H3,(H,23,27)(H,24,26)/t15-/m0/s1. The Bertz CT molecular complexity index is 1050. The van der Waals surface area contributed by atoms with Gasteiger partial charge in [0, 0.05) is 17.6 Å². The molecule has 1 heterocycles. The lowest BCUT2D eigenvalue weighted by molar-refractivity contribution is -0.114. The summed E-state index contributed by atoms with van der Waals surface area (Å²) in [5.41, 5.74) is 0.946. The maximum absolute atomic E-state index is 12.7. The molecular weight excluding hydrogens is 486 g/mol. The van der Waals surface area contributed by atoms with Gasteiger partial charge in [0.1, 0.15) is 6.54 Å². The van der Waals surface area contributed by atoms with Crippen LogP contribution in [-0.4, -0.2) is 52.3 Å². The van der Waals surface area contributed by atoms with Crippen LogP contribution < -0.4 is 14.9 Å². The molecule has 2 aromatic carbocycles. The summed E-state index contributed by atoms with van der Waals surface area (Å²) in [6.07, 6.45) is 2.90. The van der Waals surface area contributed by atoms with E-state index in [2.05, 4.69) is 26.6 Å². The number of halogens is 1. The van der Waals surface area contributed by atoms with Crippen LogP contribution in [0.2, 0.25) is 0 Å². The van der Waals surface area contributed by atoms with E-state index < -0.39 is 22.5 Å². The Morgan fingerprint density at radius 1 is 1.16 bits per heavy atom. The van der Waals surface area contributed by atoms with Crippen molar-refractivity contribution in [2.45, 2.75) is 18.9 Å². The quantitative estimate of drug-likeness (QED) is 0.569. The smallest absolute Gasteiger partial charge is 0.253 e. The normalized spacial score (nSPS) is 16.0. The number of hydrogen-bond acceptors (Lipinski definition) is 5. The zero-order valence-corrected chi connectivity index (χ0v) is 19.4. The number of rotatable bonds is 8. The fourth-order valence-electron chi connectivity index (χ4n) is 3.25. The molecule has 166 valence electrons. The topological polar surface area (TPSA) is 105 Å². The van der Waals surface area contributed by atoms with Crippen LogP contribution in [0.15, 0.2) is 53.0 Å². The first kappa shape index (κ1) is 23.2. The molecule has 0 unspecified atom stereocenters. The van der Waals surface area contributed by atoms with Crippen LogP contribution in [0.5, 0.6) is 0 Å². The Balaban J connectivity index is 1.72. The Morgan fingerprint density at radius 2 is 1.87 bits per heavy atom. The largest absolute Gasteiger partial charge is 0.376 e. The average molecular weight is 510 g/mol. The Morgan fingerprint density at radius 3 is 2.55 bits per heavy atom. The van der Waals surface area contributed by atoms with E-state index in [1.54, 1.807) is 48.5 Å². The number of ether oxygens (including phenoxy) is 1. The third-order valence-electron chi connectivity index (χ3n) is 4.77. The lowest BCUT2D eigenvalue weighted by Crippen LogP contribution is -2.38. The highest BCUT2D eigenvalue weighted by molar-refractivity contribution is 9.10. The zero-order chi connectivity index (χ0) is 22.4. The number of hydrogen-bond donors (Lipinski definition) is 2. The molecule has 0 aliphatic carbocycles. The molecule has 0 radical (unpaired) electrons. The summed E-state index contributed by atoms with van der Waals surface area (Å²) in [5.74, 6) is -0.905. The van der Waals surface area contributed by atoms with Crippen molar-refractivity contribution >= 4 is 49.1 Å². The second-order valence-corrected chi connectivity index (χ2v) is 9.92. The summed E-state index contributed by atoms with van der Waals surface area (Å²) in [6.45, 7) is 0.653. The lowest BCUT2D eigenvalue weighted by atomic mass is 10.1. The maximum atomic E-state index is 12.7. The predicted octanol–water partition coefficient (Wildman–Crippen LogP) is 2.76. The summed E-state index contributed by atoms with van der Waals surface area (Å²) in [5, 5.41) is 5.48. The molecule has 3 rings (SSSR count). The van der Waals surface area contributed by atoms with Gasteiger partial charge in [0.25, 0.3) is 5.91 Å². The minimum Gasteiger partial charge on any atom is -0.376 e. The number of benzene rings is 2. The molecule has 2 N–H and O–H groups in total. The molecule has 1 aliphatic rings. The molecule has 0 saturated carbocycles. The van der Waals surface area contributed by atoms with Crippen LogP contribution in [-0.2, 0) is 19.6 Å². The van der Waals surface area contributed by atoms with Crippen molar-refractivity contribution in [2.75, 3.05) is 35.6 Å². The van der Waals surface area contributed by atoms with E-state index in [-0.39, 0.29) is 12.0 Å². The first-order valence-corrected chi connectivity index (χ1v) is 12.4. The fourth-order valence-corrected chi connectivity index (χ4v) is 4.74. The monoisotopic (exact) mass is 509 g/mol. The minimum atomic E-state index is -3.72. The fraction of sp³-hybridized carbons (Fsp3) is 0.333. The Kier molecular flexibility index (Phi) is 7.69. The molecule has 1 saturated heterocycles. The van der Waals surface area contributed by atoms with Crippen molar-refractivity contribution in [3.05, 3.63) is 58.6 Å². The van der Waals surface area contributed by atoms with Crippen molar-refractivity contribution in [2.24, 2.45) is 0 Å². The molecule has 1 aliphatic heterocycles. The molecule has 2 aromatic rings. The molecule has 1 atom stereocenters. The van der Waals surface area contributed by atoms with Gasteiger partial charge >= 0.3 is 0 Å². The second kappa shape index (κ2) is 10.3. The van der Waals surface area contributed by atoms with Gasteiger partial charge in [-0.2, -0.15) is 0 Å². The van der Waals surface area contributed by atoms with Gasteiger partial charge in [0.2, 0.25) is 15.9 Å². The van der Waals surface area contributed by atoms with Gasteiger partial charge in [0.05, 0.1) is 29.3 Å². The third kappa shape index (κ3) is 6.28. The number of nitrogens with zero attached hydrogens (tertiary/aromatic N) is 1. The van der Waals surface area contributed by atoms with E-state index >= 15 is 0 Å². The molecule has 0 spiro atoms. The highest BCUT2D eigenvalue weighted by Crippen LogP contribution is 2.27. The van der Waals surface area contributed by atoms with E-state index in [0.717, 1.165) is 23.4 Å². The molecule has 1 fully saturated rings. The summed E-state index contributed by atoms with van der Waals surface area (Å²) in [7, 11) is -3.72. The third-order valence-corrected chi connectivity index (χ3v) is 6.57. The SMILES string of the molecule is CS(=O)(=O)N(CC(=O)Nc1ccccc1C(=O)NC[C@@H]1CCCO1)c1ccccc1Br. The summed E-state index contributed by atoms with van der Waals surface area (Å²) >= 11 is 3.32. The van der Waals surface area contributed by atoms with Crippen LogP contribution in [0.1, 0.15) is 23.2 Å². The number of carbonyl (C=O) groups is 2. The molecule has 31 heavy (non-hydrogen) atoms. The van der Waals surface area contributed by atoms with E-state index in [1.165, 1.54) is 0 Å². The predicted molar refractivity (Wildman–Crippen MR) is 123 cm³/mol. The van der Waals surface area contributed by atoms with Crippen LogP contribution >= 0.6 is 15.9 Å². The number of amides is 2. The van der Waals surface area contributed by atoms with Gasteiger partial charge in [0.15, 0.2) is 0 Å². The van der Waals surface area contributed by atoms with Crippen LogP contribution in [0, 0.1) is 0 Å². The van der Waals surface area contributed by atoms with Crippen molar-refractivity contribution in [1.29, 1.82) is 0 Å². The van der Waals surface area contributed by atoms with Crippen molar-refractivity contribution in [3.8, 4) is 0 Å².